The van der Waals surface area contributed by atoms with E-state index in [2.05, 4.69) is 22.4 Å². The molecule has 2 rings (SSSR count). The zero-order valence-corrected chi connectivity index (χ0v) is 15.6. The first-order chi connectivity index (χ1) is 13.8. The number of aromatic carboxylic acids is 2. The van der Waals surface area contributed by atoms with Gasteiger partial charge in [-0.15, -0.1) is 0 Å². The van der Waals surface area contributed by atoms with Crippen molar-refractivity contribution in [3.63, 3.8) is 0 Å². The Balaban J connectivity index is 2.31. The molecular weight excluding hydrogens is 374 g/mol. The van der Waals surface area contributed by atoms with Gasteiger partial charge in [0.15, 0.2) is 0 Å². The Morgan fingerprint density at radius 3 is 1.72 bits per heavy atom. The van der Waals surface area contributed by atoms with E-state index in [-0.39, 0.29) is 16.8 Å². The van der Waals surface area contributed by atoms with Crippen LogP contribution in [0.5, 0.6) is 0 Å². The van der Waals surface area contributed by atoms with Crippen molar-refractivity contribution in [1.29, 1.82) is 10.5 Å². The van der Waals surface area contributed by atoms with E-state index >= 15 is 0 Å². The van der Waals surface area contributed by atoms with E-state index in [1.165, 1.54) is 12.1 Å². The molecule has 29 heavy (non-hydrogen) atoms. The van der Waals surface area contributed by atoms with Crippen LogP contribution < -0.4 is 4.90 Å². The second-order valence-electron chi connectivity index (χ2n) is 6.11. The largest absolute Gasteiger partial charge is 0.478 e. The lowest BCUT2D eigenvalue weighted by atomic mass is 10.1. The number of benzene rings is 2. The monoisotopic (exact) mass is 391 g/mol. The second kappa shape index (κ2) is 9.11. The number of carboxylic acids is 2. The number of carbonyl (C=O) groups is 2. The van der Waals surface area contributed by atoms with Gasteiger partial charge < -0.3 is 15.1 Å². The normalized spacial score (nSPS) is 12.6. The molecule has 0 aromatic heterocycles. The van der Waals surface area contributed by atoms with E-state index < -0.39 is 24.0 Å². The first-order valence-corrected chi connectivity index (χ1v) is 8.48. The molecule has 0 saturated heterocycles. The summed E-state index contributed by atoms with van der Waals surface area (Å²) in [6, 6.07) is 13.3. The molecule has 2 aromatic rings. The lowest BCUT2D eigenvalue weighted by molar-refractivity contribution is 0.0696. The molecule has 146 valence electrons. The standard InChI is InChI=1S/C20H17N5O4/c1-12(10-21)25(13(2)11-22)18-5-3-16(4-6-18)23-24-17-8-14(19(26)27)7-15(9-17)20(28)29/h3-9,12-13H,1-2H3,(H,26,27)(H,28,29). The van der Waals surface area contributed by atoms with Crippen LogP contribution in [0.1, 0.15) is 34.6 Å². The Hall–Kier alpha value is -4.24. The van der Waals surface area contributed by atoms with Crippen LogP contribution in [-0.4, -0.2) is 34.2 Å². The molecule has 0 saturated carbocycles. The Labute approximate surface area is 166 Å². The molecular formula is C20H17N5O4. The molecule has 0 aliphatic rings. The van der Waals surface area contributed by atoms with Crippen LogP contribution in [-0.2, 0) is 0 Å². The summed E-state index contributed by atoms with van der Waals surface area (Å²) < 4.78 is 0. The first kappa shape index (κ1) is 21.1. The van der Waals surface area contributed by atoms with Crippen molar-refractivity contribution in [2.24, 2.45) is 10.2 Å². The van der Waals surface area contributed by atoms with Crippen molar-refractivity contribution in [2.45, 2.75) is 25.9 Å². The van der Waals surface area contributed by atoms with Gasteiger partial charge in [0.25, 0.3) is 0 Å². The van der Waals surface area contributed by atoms with Crippen LogP contribution >= 0.6 is 0 Å². The fourth-order valence-corrected chi connectivity index (χ4v) is 2.63. The van der Waals surface area contributed by atoms with Crippen LogP contribution in [0.2, 0.25) is 0 Å². The molecule has 0 aliphatic heterocycles. The summed E-state index contributed by atoms with van der Waals surface area (Å²) in [7, 11) is 0. The zero-order valence-electron chi connectivity index (χ0n) is 15.6. The van der Waals surface area contributed by atoms with Crippen LogP contribution in [0.4, 0.5) is 17.1 Å². The van der Waals surface area contributed by atoms with Crippen LogP contribution in [0.25, 0.3) is 0 Å². The number of azo groups is 1. The average molecular weight is 391 g/mol. The molecule has 0 aliphatic carbocycles. The van der Waals surface area contributed by atoms with Gasteiger partial charge in [-0.2, -0.15) is 20.8 Å². The number of anilines is 1. The van der Waals surface area contributed by atoms with Crippen molar-refractivity contribution < 1.29 is 19.8 Å². The maximum absolute atomic E-state index is 11.1. The summed E-state index contributed by atoms with van der Waals surface area (Å²) in [6.07, 6.45) is 0. The molecule has 9 nitrogen and oxygen atoms in total. The number of nitriles is 2. The molecule has 2 atom stereocenters. The average Bonchev–Trinajstić information content (AvgIpc) is 2.72. The van der Waals surface area contributed by atoms with Crippen LogP contribution in [0.3, 0.4) is 0 Å². The summed E-state index contributed by atoms with van der Waals surface area (Å²) in [5.74, 6) is -2.54. The maximum atomic E-state index is 11.1. The number of carboxylic acid groups (broad SMARTS) is 2. The molecule has 0 bridgehead atoms. The third kappa shape index (κ3) is 5.15. The van der Waals surface area contributed by atoms with Crippen molar-refractivity contribution in [2.75, 3.05) is 4.90 Å². The predicted molar refractivity (Wildman–Crippen MR) is 104 cm³/mol. The smallest absolute Gasteiger partial charge is 0.335 e. The Bertz CT molecular complexity index is 982. The van der Waals surface area contributed by atoms with E-state index in [1.54, 1.807) is 43.0 Å². The van der Waals surface area contributed by atoms with Gasteiger partial charge in [0, 0.05) is 5.69 Å². The lowest BCUT2D eigenvalue weighted by Gasteiger charge is -2.29. The van der Waals surface area contributed by atoms with Crippen LogP contribution in [0, 0.1) is 22.7 Å². The van der Waals surface area contributed by atoms with Crippen LogP contribution in [0.15, 0.2) is 52.7 Å². The summed E-state index contributed by atoms with van der Waals surface area (Å²) in [6.45, 7) is 3.38. The minimum absolute atomic E-state index is 0.0872. The zero-order chi connectivity index (χ0) is 21.6. The van der Waals surface area contributed by atoms with Crippen molar-refractivity contribution in [3.8, 4) is 12.1 Å². The maximum Gasteiger partial charge on any atom is 0.335 e. The molecule has 2 unspecified atom stereocenters. The lowest BCUT2D eigenvalue weighted by Crippen LogP contribution is -2.38. The van der Waals surface area contributed by atoms with E-state index in [4.69, 9.17) is 10.2 Å². The third-order valence-corrected chi connectivity index (χ3v) is 4.05. The molecule has 0 heterocycles. The highest BCUT2D eigenvalue weighted by atomic mass is 16.4. The van der Waals surface area contributed by atoms with Gasteiger partial charge in [-0.3, -0.25) is 0 Å². The fourth-order valence-electron chi connectivity index (χ4n) is 2.63. The van der Waals surface area contributed by atoms with Gasteiger partial charge in [0.05, 0.1) is 34.6 Å². The predicted octanol–water partition coefficient (Wildman–Crippen LogP) is 4.13. The van der Waals surface area contributed by atoms with Gasteiger partial charge in [0.1, 0.15) is 12.1 Å². The fraction of sp³-hybridized carbons (Fsp3) is 0.200. The summed E-state index contributed by atoms with van der Waals surface area (Å²) in [4.78, 5) is 24.0. The molecule has 0 spiro atoms. The van der Waals surface area contributed by atoms with E-state index in [1.807, 2.05) is 0 Å². The Kier molecular flexibility index (Phi) is 6.62. The summed E-state index contributed by atoms with van der Waals surface area (Å²) >= 11 is 0. The van der Waals surface area contributed by atoms with E-state index in [0.29, 0.717) is 11.4 Å². The van der Waals surface area contributed by atoms with Crippen molar-refractivity contribution in [1.82, 2.24) is 0 Å². The number of hydrogen-bond donors (Lipinski definition) is 2. The van der Waals surface area contributed by atoms with Gasteiger partial charge >= 0.3 is 11.9 Å². The Morgan fingerprint density at radius 2 is 1.31 bits per heavy atom. The minimum atomic E-state index is -1.27. The van der Waals surface area contributed by atoms with Crippen molar-refractivity contribution >= 4 is 29.0 Å². The van der Waals surface area contributed by atoms with E-state index in [0.717, 1.165) is 6.07 Å². The highest BCUT2D eigenvalue weighted by molar-refractivity contribution is 5.95. The summed E-state index contributed by atoms with van der Waals surface area (Å²) in [5, 5.41) is 44.5. The van der Waals surface area contributed by atoms with Gasteiger partial charge in [-0.1, -0.05) is 0 Å². The first-order valence-electron chi connectivity index (χ1n) is 8.48. The van der Waals surface area contributed by atoms with E-state index in [9.17, 15) is 20.1 Å². The minimum Gasteiger partial charge on any atom is -0.478 e. The SMILES string of the molecule is CC(C#N)N(c1ccc(N=Nc2cc(C(=O)O)cc(C(=O)O)c2)cc1)C(C)C#N. The number of hydrogen-bond acceptors (Lipinski definition) is 7. The molecule has 0 amide bonds. The molecule has 0 radical (unpaired) electrons. The highest BCUT2D eigenvalue weighted by Crippen LogP contribution is 2.26. The Morgan fingerprint density at radius 1 is 0.862 bits per heavy atom. The summed E-state index contributed by atoms with van der Waals surface area (Å²) in [5.41, 5.74) is 0.763. The molecule has 2 aromatic carbocycles. The van der Waals surface area contributed by atoms with Gasteiger partial charge in [0.2, 0.25) is 0 Å². The quantitative estimate of drug-likeness (QED) is 0.673. The topological polar surface area (TPSA) is 150 Å². The molecule has 2 N–H and O–H groups in total. The highest BCUT2D eigenvalue weighted by Gasteiger charge is 2.20. The third-order valence-electron chi connectivity index (χ3n) is 4.05. The van der Waals surface area contributed by atoms with Crippen molar-refractivity contribution in [3.05, 3.63) is 53.6 Å². The molecule has 9 heteroatoms. The van der Waals surface area contributed by atoms with Gasteiger partial charge in [-0.05, 0) is 56.3 Å². The second-order valence-corrected chi connectivity index (χ2v) is 6.11. The molecule has 0 fully saturated rings. The number of nitrogens with zero attached hydrogens (tertiary/aromatic N) is 5. The number of rotatable bonds is 7. The van der Waals surface area contributed by atoms with Gasteiger partial charge in [-0.25, -0.2) is 9.59 Å².